The summed E-state index contributed by atoms with van der Waals surface area (Å²) in [6.45, 7) is 4.19. The Bertz CT molecular complexity index is 1590. The molecule has 2 atom stereocenters. The molecular formula is C34H29NO5. The highest BCUT2D eigenvalue weighted by molar-refractivity contribution is 6.16. The Morgan fingerprint density at radius 1 is 0.850 bits per heavy atom. The van der Waals surface area contributed by atoms with E-state index < -0.39 is 0 Å². The molecule has 6 heteroatoms. The molecule has 6 rings (SSSR count). The van der Waals surface area contributed by atoms with E-state index in [9.17, 15) is 9.59 Å². The molecule has 4 aromatic carbocycles. The van der Waals surface area contributed by atoms with Gasteiger partial charge in [0, 0.05) is 29.5 Å². The Labute approximate surface area is 233 Å². The molecule has 2 unspecified atom stereocenters. The van der Waals surface area contributed by atoms with Crippen LogP contribution >= 0.6 is 0 Å². The summed E-state index contributed by atoms with van der Waals surface area (Å²) in [4.78, 5) is 33.2. The lowest BCUT2D eigenvalue weighted by Crippen LogP contribution is -2.20. The molecule has 0 spiro atoms. The van der Waals surface area contributed by atoms with Crippen molar-refractivity contribution in [2.45, 2.75) is 38.9 Å². The normalized spacial score (nSPS) is 17.4. The first-order chi connectivity index (χ1) is 19.5. The van der Waals surface area contributed by atoms with Crippen molar-refractivity contribution in [3.8, 4) is 11.5 Å². The maximum absolute atomic E-state index is 13.8. The zero-order valence-electron chi connectivity index (χ0n) is 22.4. The van der Waals surface area contributed by atoms with Crippen molar-refractivity contribution in [3.05, 3.63) is 130 Å². The number of benzene rings is 4. The summed E-state index contributed by atoms with van der Waals surface area (Å²) in [6.07, 6.45) is 0.634. The third kappa shape index (κ3) is 5.00. The molecule has 200 valence electrons. The minimum atomic E-state index is -0.308. The summed E-state index contributed by atoms with van der Waals surface area (Å²) in [5.74, 6) is 0.494. The number of carbonyl (C=O) groups excluding carboxylic acids is 2. The fourth-order valence-electron chi connectivity index (χ4n) is 5.16. The van der Waals surface area contributed by atoms with Crippen molar-refractivity contribution < 1.29 is 23.9 Å². The number of nitrogens with zero attached hydrogens (tertiary/aromatic N) is 1. The van der Waals surface area contributed by atoms with E-state index in [4.69, 9.17) is 14.3 Å². The van der Waals surface area contributed by atoms with E-state index in [-0.39, 0.29) is 30.4 Å². The van der Waals surface area contributed by atoms with Gasteiger partial charge in [-0.05, 0) is 25.5 Å². The molecule has 0 aliphatic carbocycles. The minimum Gasteiger partial charge on any atom is -0.489 e. The van der Waals surface area contributed by atoms with Gasteiger partial charge in [-0.2, -0.15) is 0 Å². The van der Waals surface area contributed by atoms with E-state index in [2.05, 4.69) is 5.16 Å². The summed E-state index contributed by atoms with van der Waals surface area (Å²) in [5.41, 5.74) is 5.52. The molecule has 2 aliphatic heterocycles. The van der Waals surface area contributed by atoms with Gasteiger partial charge in [-0.1, -0.05) is 95.6 Å². The summed E-state index contributed by atoms with van der Waals surface area (Å²) in [5, 5.41) is 4.29. The standard InChI is InChI=1S/C34H29NO5/c1-21-13-15-23(16-14-21)30-18-26(40-35-30)20-38-33-27(31(36)24-9-5-3-6-10-24)19-28(34-29(33)17-22(2)39-34)32(37)25-11-7-4-8-12-25/h3-16,19,22,26H,17-18,20H2,1-2H3. The Morgan fingerprint density at radius 2 is 1.48 bits per heavy atom. The molecule has 0 fully saturated rings. The van der Waals surface area contributed by atoms with Crippen LogP contribution in [0.25, 0.3) is 0 Å². The number of rotatable bonds is 8. The van der Waals surface area contributed by atoms with Gasteiger partial charge in [0.1, 0.15) is 24.2 Å². The predicted octanol–water partition coefficient (Wildman–Crippen LogP) is 6.35. The third-order valence-corrected chi connectivity index (χ3v) is 7.23. The predicted molar refractivity (Wildman–Crippen MR) is 153 cm³/mol. The number of carbonyl (C=O) groups is 2. The molecule has 0 aromatic heterocycles. The molecule has 0 radical (unpaired) electrons. The molecular weight excluding hydrogens is 502 g/mol. The lowest BCUT2D eigenvalue weighted by atomic mass is 9.92. The zero-order chi connectivity index (χ0) is 27.6. The van der Waals surface area contributed by atoms with Gasteiger partial charge in [0.15, 0.2) is 17.7 Å². The molecule has 0 saturated carbocycles. The van der Waals surface area contributed by atoms with Crippen molar-refractivity contribution >= 4 is 17.3 Å². The smallest absolute Gasteiger partial charge is 0.196 e. The Hall–Kier alpha value is -4.71. The quantitative estimate of drug-likeness (QED) is 0.248. The third-order valence-electron chi connectivity index (χ3n) is 7.23. The van der Waals surface area contributed by atoms with Gasteiger partial charge in [-0.15, -0.1) is 0 Å². The van der Waals surface area contributed by atoms with Gasteiger partial charge in [0.25, 0.3) is 0 Å². The van der Waals surface area contributed by atoms with Gasteiger partial charge < -0.3 is 14.3 Å². The first kappa shape index (κ1) is 25.6. The maximum atomic E-state index is 13.8. The number of aryl methyl sites for hydroxylation is 1. The average Bonchev–Trinajstić information content (AvgIpc) is 3.63. The highest BCUT2D eigenvalue weighted by Crippen LogP contribution is 2.43. The van der Waals surface area contributed by atoms with E-state index in [0.29, 0.717) is 46.6 Å². The molecule has 2 aliphatic rings. The van der Waals surface area contributed by atoms with Crippen LogP contribution in [0.15, 0.2) is 96.2 Å². The Balaban J connectivity index is 1.35. The van der Waals surface area contributed by atoms with Gasteiger partial charge in [0.2, 0.25) is 0 Å². The molecule has 0 amide bonds. The second kappa shape index (κ2) is 10.8. The van der Waals surface area contributed by atoms with E-state index >= 15 is 0 Å². The van der Waals surface area contributed by atoms with Crippen LogP contribution in [0.3, 0.4) is 0 Å². The molecule has 6 nitrogen and oxygen atoms in total. The fourth-order valence-corrected chi connectivity index (χ4v) is 5.16. The number of oxime groups is 1. The second-order valence-electron chi connectivity index (χ2n) is 10.3. The fraction of sp³-hybridized carbons (Fsp3) is 0.206. The number of hydrogen-bond donors (Lipinski definition) is 0. The molecule has 0 N–H and O–H groups in total. The zero-order valence-corrected chi connectivity index (χ0v) is 22.4. The number of ether oxygens (including phenoxy) is 2. The largest absolute Gasteiger partial charge is 0.489 e. The molecule has 2 heterocycles. The molecule has 0 saturated heterocycles. The molecule has 0 bridgehead atoms. The summed E-state index contributed by atoms with van der Waals surface area (Å²) >= 11 is 0. The second-order valence-corrected chi connectivity index (χ2v) is 10.3. The average molecular weight is 532 g/mol. The van der Waals surface area contributed by atoms with Crippen molar-refractivity contribution in [2.75, 3.05) is 6.61 Å². The molecule has 40 heavy (non-hydrogen) atoms. The van der Waals surface area contributed by atoms with E-state index in [0.717, 1.165) is 16.8 Å². The van der Waals surface area contributed by atoms with Crippen molar-refractivity contribution in [1.82, 2.24) is 0 Å². The van der Waals surface area contributed by atoms with Crippen LogP contribution in [-0.2, 0) is 11.3 Å². The van der Waals surface area contributed by atoms with E-state index in [1.807, 2.05) is 74.5 Å². The lowest BCUT2D eigenvalue weighted by molar-refractivity contribution is 0.0465. The number of fused-ring (bicyclic) bond motifs is 1. The Kier molecular flexibility index (Phi) is 6.91. The van der Waals surface area contributed by atoms with E-state index in [1.165, 1.54) is 5.56 Å². The lowest BCUT2D eigenvalue weighted by Gasteiger charge is -2.18. The summed E-state index contributed by atoms with van der Waals surface area (Å²) < 4.78 is 12.5. The maximum Gasteiger partial charge on any atom is 0.196 e. The van der Waals surface area contributed by atoms with E-state index in [1.54, 1.807) is 30.3 Å². The summed E-state index contributed by atoms with van der Waals surface area (Å²) in [7, 11) is 0. The van der Waals surface area contributed by atoms with Gasteiger partial charge >= 0.3 is 0 Å². The van der Waals surface area contributed by atoms with Gasteiger partial charge in [-0.25, -0.2) is 0 Å². The monoisotopic (exact) mass is 531 g/mol. The minimum absolute atomic E-state index is 0.166. The topological polar surface area (TPSA) is 74.2 Å². The van der Waals surface area contributed by atoms with Crippen LogP contribution in [0, 0.1) is 6.92 Å². The number of hydrogen-bond acceptors (Lipinski definition) is 6. The van der Waals surface area contributed by atoms with Crippen LogP contribution in [-0.4, -0.2) is 36.1 Å². The van der Waals surface area contributed by atoms with Gasteiger partial charge in [0.05, 0.1) is 16.8 Å². The number of ketones is 2. The van der Waals surface area contributed by atoms with Crippen molar-refractivity contribution in [3.63, 3.8) is 0 Å². The van der Waals surface area contributed by atoms with Crippen molar-refractivity contribution in [2.24, 2.45) is 5.16 Å². The molecule has 4 aromatic rings. The van der Waals surface area contributed by atoms with Gasteiger partial charge in [-0.3, -0.25) is 9.59 Å². The van der Waals surface area contributed by atoms with Crippen LogP contribution in [0.2, 0.25) is 0 Å². The van der Waals surface area contributed by atoms with Crippen LogP contribution in [0.1, 0.15) is 61.9 Å². The van der Waals surface area contributed by atoms with Crippen LogP contribution in [0.4, 0.5) is 0 Å². The Morgan fingerprint density at radius 3 is 2.12 bits per heavy atom. The highest BCUT2D eigenvalue weighted by atomic mass is 16.7. The summed E-state index contributed by atoms with van der Waals surface area (Å²) in [6, 6.07) is 27.8. The van der Waals surface area contributed by atoms with Crippen LogP contribution < -0.4 is 9.47 Å². The first-order valence-corrected chi connectivity index (χ1v) is 13.5. The first-order valence-electron chi connectivity index (χ1n) is 13.5. The highest BCUT2D eigenvalue weighted by Gasteiger charge is 2.34. The van der Waals surface area contributed by atoms with Crippen LogP contribution in [0.5, 0.6) is 11.5 Å². The SMILES string of the molecule is Cc1ccc(C2=NOC(COc3c(C(=O)c4ccccc4)cc(C(=O)c4ccccc4)c4c3CC(C)O4)C2)cc1. The van der Waals surface area contributed by atoms with Crippen molar-refractivity contribution in [1.29, 1.82) is 0 Å².